The quantitative estimate of drug-likeness (QED) is 0.0952. The lowest BCUT2D eigenvalue weighted by atomic mass is 9.51. The minimum Gasteiger partial charge on any atom is -0.423 e. The lowest BCUT2D eigenvalue weighted by molar-refractivity contribution is 0.0714. The third-order valence-corrected chi connectivity index (χ3v) is 10.9. The van der Waals surface area contributed by atoms with E-state index in [1.807, 2.05) is 24.3 Å². The molecular weight excluding hydrogens is 822 g/mol. The summed E-state index contributed by atoms with van der Waals surface area (Å²) in [6, 6.07) is 44.0. The maximum absolute atomic E-state index is 13.8. The summed E-state index contributed by atoms with van der Waals surface area (Å²) >= 11 is 4.45. The molecule has 234 valence electrons. The van der Waals surface area contributed by atoms with Gasteiger partial charge in [-0.2, -0.15) is 0 Å². The molecule has 0 saturated carbocycles. The van der Waals surface area contributed by atoms with E-state index in [1.54, 1.807) is 36.4 Å². The average Bonchev–Trinajstić information content (AvgIpc) is 3.11. The number of rotatable bonds is 6. The molecule has 3 aliphatic carbocycles. The molecule has 0 N–H and O–H groups in total. The highest BCUT2D eigenvalue weighted by atomic mass is 127. The second-order valence-electron chi connectivity index (χ2n) is 12.3. The molecule has 0 aliphatic heterocycles. The molecule has 6 aromatic rings. The molecule has 0 fully saturated rings. The van der Waals surface area contributed by atoms with Gasteiger partial charge >= 0.3 is 11.9 Å². The number of hydrogen-bond acceptors (Lipinski definition) is 4. The molecule has 3 aliphatic rings. The van der Waals surface area contributed by atoms with Crippen LogP contribution in [0.2, 0.25) is 0 Å². The zero-order valence-electron chi connectivity index (χ0n) is 25.9. The molecule has 6 heteroatoms. The highest BCUT2D eigenvalue weighted by molar-refractivity contribution is 14.1. The number of aryl methyl sites for hydroxylation is 1. The number of ether oxygens (including phenoxy) is 2. The second-order valence-corrected chi connectivity index (χ2v) is 14.8. The minimum absolute atomic E-state index is 0.233. The molecule has 0 unspecified atom stereocenters. The third-order valence-electron chi connectivity index (χ3n) is 9.50. The van der Waals surface area contributed by atoms with Crippen LogP contribution in [0.3, 0.4) is 0 Å². The molecule has 2 bridgehead atoms. The van der Waals surface area contributed by atoms with E-state index in [4.69, 9.17) is 9.47 Å². The normalized spacial score (nSPS) is 16.8. The lowest BCUT2D eigenvalue weighted by Gasteiger charge is -2.51. The van der Waals surface area contributed by atoms with E-state index < -0.39 is 17.4 Å². The van der Waals surface area contributed by atoms with Crippen LogP contribution in [-0.2, 0) is 11.8 Å². The average molecular weight is 850 g/mol. The Labute approximate surface area is 306 Å². The Hall–Kier alpha value is -4.28. The fourth-order valence-electron chi connectivity index (χ4n) is 7.43. The van der Waals surface area contributed by atoms with Gasteiger partial charge in [0.15, 0.2) is 0 Å². The van der Waals surface area contributed by atoms with Crippen LogP contribution in [0.1, 0.15) is 71.1 Å². The van der Waals surface area contributed by atoms with Crippen LogP contribution >= 0.6 is 45.2 Å². The van der Waals surface area contributed by atoms with Crippen molar-refractivity contribution in [3.63, 3.8) is 0 Å². The van der Waals surface area contributed by atoms with Crippen LogP contribution in [0.15, 0.2) is 133 Å². The van der Waals surface area contributed by atoms with Crippen molar-refractivity contribution in [3.05, 3.63) is 196 Å². The molecule has 4 nitrogen and oxygen atoms in total. The van der Waals surface area contributed by atoms with E-state index in [2.05, 4.69) is 125 Å². The van der Waals surface area contributed by atoms with Gasteiger partial charge in [0.25, 0.3) is 0 Å². The van der Waals surface area contributed by atoms with Gasteiger partial charge in [-0.25, -0.2) is 9.59 Å². The Balaban J connectivity index is 1.39. The van der Waals surface area contributed by atoms with Gasteiger partial charge in [0.1, 0.15) is 11.5 Å². The Morgan fingerprint density at radius 1 is 0.604 bits per heavy atom. The van der Waals surface area contributed by atoms with Crippen LogP contribution in [-0.4, -0.2) is 11.9 Å². The number of carbonyl (C=O) groups is 2. The molecule has 0 atom stereocenters. The van der Waals surface area contributed by atoms with E-state index in [1.165, 1.54) is 5.56 Å². The largest absolute Gasteiger partial charge is 0.423 e. The Bertz CT molecular complexity index is 2170. The van der Waals surface area contributed by atoms with Crippen molar-refractivity contribution >= 4 is 57.1 Å². The monoisotopic (exact) mass is 850 g/mol. The van der Waals surface area contributed by atoms with Gasteiger partial charge in [0.05, 0.1) is 16.5 Å². The van der Waals surface area contributed by atoms with Crippen LogP contribution in [0.4, 0.5) is 0 Å². The summed E-state index contributed by atoms with van der Waals surface area (Å²) in [4.78, 5) is 27.4. The van der Waals surface area contributed by atoms with Gasteiger partial charge < -0.3 is 9.47 Å². The summed E-state index contributed by atoms with van der Waals surface area (Å²) in [7, 11) is 0. The first-order valence-corrected chi connectivity index (χ1v) is 17.9. The summed E-state index contributed by atoms with van der Waals surface area (Å²) in [5.41, 5.74) is 8.87. The van der Waals surface area contributed by atoms with Gasteiger partial charge in [-0.15, -0.1) is 0 Å². The van der Waals surface area contributed by atoms with Gasteiger partial charge in [0, 0.05) is 24.2 Å². The first kappa shape index (κ1) is 31.0. The van der Waals surface area contributed by atoms with E-state index in [9.17, 15) is 9.59 Å². The van der Waals surface area contributed by atoms with Crippen molar-refractivity contribution < 1.29 is 19.1 Å². The number of carbonyl (C=O) groups excluding carboxylic acids is 2. The van der Waals surface area contributed by atoms with Crippen LogP contribution in [0, 0.1) is 14.1 Å². The third kappa shape index (κ3) is 5.17. The summed E-state index contributed by atoms with van der Waals surface area (Å²) in [6.45, 7) is 2.09. The smallest absolute Gasteiger partial charge is 0.343 e. The topological polar surface area (TPSA) is 52.6 Å². The van der Waals surface area contributed by atoms with E-state index >= 15 is 0 Å². The number of halogens is 2. The zero-order chi connectivity index (χ0) is 33.0. The summed E-state index contributed by atoms with van der Waals surface area (Å²) < 4.78 is 14.7. The molecule has 6 aromatic carbocycles. The number of benzene rings is 6. The summed E-state index contributed by atoms with van der Waals surface area (Å²) in [5, 5.41) is 0. The maximum Gasteiger partial charge on any atom is 0.343 e. The number of hydrogen-bond donors (Lipinski definition) is 0. The first-order chi connectivity index (χ1) is 23.3. The van der Waals surface area contributed by atoms with Gasteiger partial charge in [-0.3, -0.25) is 0 Å². The molecular formula is C42H28I2O4. The predicted octanol–water partition coefficient (Wildman–Crippen LogP) is 10.0. The Morgan fingerprint density at radius 2 is 1.08 bits per heavy atom. The molecule has 0 heterocycles. The van der Waals surface area contributed by atoms with Gasteiger partial charge in [0.2, 0.25) is 0 Å². The Morgan fingerprint density at radius 3 is 1.62 bits per heavy atom. The molecule has 0 radical (unpaired) electrons. The highest BCUT2D eigenvalue weighted by Gasteiger charge is 2.54. The van der Waals surface area contributed by atoms with E-state index in [0.29, 0.717) is 29.0 Å². The predicted molar refractivity (Wildman–Crippen MR) is 203 cm³/mol. The SMILES string of the molecule is Cc1ccc(CC23c4ccccc4C(c4ccccc42)c2c(OC(=O)c4ccc(I)cc4)ccc(OC(=O)c4ccc(I)cc4)c23)cc1. The lowest BCUT2D eigenvalue weighted by Crippen LogP contribution is -2.44. The van der Waals surface area contributed by atoms with Crippen molar-refractivity contribution in [1.82, 2.24) is 0 Å². The molecule has 0 spiro atoms. The second kappa shape index (κ2) is 12.3. The summed E-state index contributed by atoms with van der Waals surface area (Å²) in [6.07, 6.45) is 0.615. The molecule has 0 amide bonds. The maximum atomic E-state index is 13.8. The van der Waals surface area contributed by atoms with Crippen molar-refractivity contribution in [2.45, 2.75) is 24.7 Å². The summed E-state index contributed by atoms with van der Waals surface area (Å²) in [5.74, 6) is -0.184. The Kier molecular flexibility index (Phi) is 7.95. The van der Waals surface area contributed by atoms with Crippen molar-refractivity contribution in [3.8, 4) is 11.5 Å². The number of esters is 2. The zero-order valence-corrected chi connectivity index (χ0v) is 30.2. The van der Waals surface area contributed by atoms with E-state index in [-0.39, 0.29) is 5.92 Å². The van der Waals surface area contributed by atoms with Crippen LogP contribution in [0.25, 0.3) is 0 Å². The highest BCUT2D eigenvalue weighted by Crippen LogP contribution is 2.64. The fraction of sp³-hybridized carbons (Fsp3) is 0.0952. The van der Waals surface area contributed by atoms with Crippen molar-refractivity contribution in [2.24, 2.45) is 0 Å². The first-order valence-electron chi connectivity index (χ1n) is 15.7. The molecule has 48 heavy (non-hydrogen) atoms. The molecule has 0 aromatic heterocycles. The fourth-order valence-corrected chi connectivity index (χ4v) is 8.15. The molecule has 9 rings (SSSR count). The van der Waals surface area contributed by atoms with Crippen LogP contribution < -0.4 is 9.47 Å². The molecule has 0 saturated heterocycles. The standard InChI is InChI=1S/C42H28I2O4/c1-25-10-12-26(13-11-25)24-42-33-8-4-2-6-31(33)37(32-7-3-5-9-34(32)42)38-35(47-40(45)27-14-18-29(43)19-15-27)22-23-36(39(38)42)48-41(46)28-16-20-30(44)21-17-28/h2-23,37H,24H2,1H3. The minimum atomic E-state index is -0.737. The van der Waals surface area contributed by atoms with Crippen LogP contribution in [0.5, 0.6) is 11.5 Å². The van der Waals surface area contributed by atoms with Crippen molar-refractivity contribution in [2.75, 3.05) is 0 Å². The van der Waals surface area contributed by atoms with E-state index in [0.717, 1.165) is 46.1 Å². The van der Waals surface area contributed by atoms with Gasteiger partial charge in [-0.05, 0) is 147 Å². The van der Waals surface area contributed by atoms with Gasteiger partial charge in [-0.1, -0.05) is 78.4 Å². The van der Waals surface area contributed by atoms with Crippen molar-refractivity contribution in [1.29, 1.82) is 0 Å².